The van der Waals surface area contributed by atoms with E-state index in [1.165, 1.54) is 4.90 Å². The van der Waals surface area contributed by atoms with Gasteiger partial charge in [-0.05, 0) is 24.7 Å². The van der Waals surface area contributed by atoms with Crippen LogP contribution in [0.1, 0.15) is 12.8 Å². The second kappa shape index (κ2) is 3.38. The summed E-state index contributed by atoms with van der Waals surface area (Å²) in [4.78, 5) is 1.49. The Morgan fingerprint density at radius 3 is 2.50 bits per heavy atom. The van der Waals surface area contributed by atoms with Gasteiger partial charge in [-0.3, -0.25) is 4.90 Å². The molecule has 0 aromatic rings. The van der Waals surface area contributed by atoms with E-state index in [0.717, 1.165) is 12.8 Å². The van der Waals surface area contributed by atoms with Gasteiger partial charge in [-0.1, -0.05) is 0 Å². The summed E-state index contributed by atoms with van der Waals surface area (Å²) < 4.78 is 36.3. The zero-order chi connectivity index (χ0) is 10.3. The first-order chi connectivity index (χ1) is 6.46. The molecule has 0 spiro atoms. The van der Waals surface area contributed by atoms with Crippen molar-refractivity contribution in [2.75, 3.05) is 19.6 Å². The van der Waals surface area contributed by atoms with Crippen molar-refractivity contribution in [2.45, 2.75) is 25.1 Å². The maximum absolute atomic E-state index is 12.1. The Balaban J connectivity index is 1.90. The lowest BCUT2D eigenvalue weighted by molar-refractivity contribution is -0.144. The lowest BCUT2D eigenvalue weighted by atomic mass is 9.98. The maximum atomic E-state index is 12.1. The molecule has 2 aliphatic rings. The first kappa shape index (κ1) is 10.2. The van der Waals surface area contributed by atoms with Crippen molar-refractivity contribution >= 4 is 0 Å². The summed E-state index contributed by atoms with van der Waals surface area (Å²) in [5.41, 5.74) is 5.84. The van der Waals surface area contributed by atoms with E-state index in [1.807, 2.05) is 0 Å². The molecule has 5 heteroatoms. The summed E-state index contributed by atoms with van der Waals surface area (Å²) in [6.45, 7) is 0.343. The van der Waals surface area contributed by atoms with Crippen LogP contribution in [0, 0.1) is 11.8 Å². The van der Waals surface area contributed by atoms with Gasteiger partial charge in [0, 0.05) is 19.1 Å². The highest BCUT2D eigenvalue weighted by Crippen LogP contribution is 2.37. The van der Waals surface area contributed by atoms with Gasteiger partial charge in [0.15, 0.2) is 0 Å². The Morgan fingerprint density at radius 1 is 1.21 bits per heavy atom. The van der Waals surface area contributed by atoms with Crippen molar-refractivity contribution < 1.29 is 13.2 Å². The first-order valence-corrected chi connectivity index (χ1v) is 5.00. The van der Waals surface area contributed by atoms with Crippen molar-refractivity contribution in [1.82, 2.24) is 4.90 Å². The standard InChI is InChI=1S/C9H15F3N2/c10-9(11,12)5-14-3-6-1-2-8(13)7(6)4-14/h6-8H,1-5,13H2/t6-,7+,8?/m0/s1. The summed E-state index contributed by atoms with van der Waals surface area (Å²) in [5.74, 6) is 0.713. The molecule has 2 rings (SSSR count). The summed E-state index contributed by atoms with van der Waals surface area (Å²) in [5, 5.41) is 0. The second-order valence-corrected chi connectivity index (χ2v) is 4.47. The lowest BCUT2D eigenvalue weighted by Crippen LogP contribution is -2.35. The number of alkyl halides is 3. The number of fused-ring (bicyclic) bond motifs is 1. The third-order valence-corrected chi connectivity index (χ3v) is 3.39. The maximum Gasteiger partial charge on any atom is 0.401 e. The molecule has 82 valence electrons. The predicted octanol–water partition coefficient (Wildman–Crippen LogP) is 1.22. The highest BCUT2D eigenvalue weighted by Gasteiger charge is 2.43. The number of nitrogens with two attached hydrogens (primary N) is 1. The second-order valence-electron chi connectivity index (χ2n) is 4.47. The molecule has 0 amide bonds. The molecule has 1 unspecified atom stereocenters. The van der Waals surface area contributed by atoms with E-state index in [2.05, 4.69) is 0 Å². The number of nitrogens with zero attached hydrogens (tertiary/aromatic N) is 1. The molecule has 0 bridgehead atoms. The molecule has 1 saturated carbocycles. The van der Waals surface area contributed by atoms with Crippen LogP contribution in [-0.2, 0) is 0 Å². The fraction of sp³-hybridized carbons (Fsp3) is 1.00. The first-order valence-electron chi connectivity index (χ1n) is 5.00. The largest absolute Gasteiger partial charge is 0.401 e. The van der Waals surface area contributed by atoms with Crippen molar-refractivity contribution in [3.63, 3.8) is 0 Å². The fourth-order valence-electron chi connectivity index (χ4n) is 2.78. The van der Waals surface area contributed by atoms with Crippen LogP contribution in [0.2, 0.25) is 0 Å². The van der Waals surface area contributed by atoms with E-state index >= 15 is 0 Å². The van der Waals surface area contributed by atoms with Gasteiger partial charge in [0.05, 0.1) is 6.54 Å². The summed E-state index contributed by atoms with van der Waals surface area (Å²) in [7, 11) is 0. The highest BCUT2D eigenvalue weighted by molar-refractivity contribution is 4.95. The molecule has 1 saturated heterocycles. The summed E-state index contributed by atoms with van der Waals surface area (Å²) in [6, 6.07) is 0.123. The van der Waals surface area contributed by atoms with Gasteiger partial charge < -0.3 is 5.73 Å². The van der Waals surface area contributed by atoms with Crippen LogP contribution in [0.5, 0.6) is 0 Å². The molecule has 0 aromatic heterocycles. The monoisotopic (exact) mass is 208 g/mol. The Bertz CT molecular complexity index is 217. The topological polar surface area (TPSA) is 29.3 Å². The number of hydrogen-bond acceptors (Lipinski definition) is 2. The Morgan fingerprint density at radius 2 is 1.93 bits per heavy atom. The van der Waals surface area contributed by atoms with E-state index in [1.54, 1.807) is 0 Å². The molecular formula is C9H15F3N2. The lowest BCUT2D eigenvalue weighted by Gasteiger charge is -2.19. The van der Waals surface area contributed by atoms with Gasteiger partial charge in [0.1, 0.15) is 0 Å². The Hall–Kier alpha value is -0.290. The van der Waals surface area contributed by atoms with Crippen molar-refractivity contribution in [3.8, 4) is 0 Å². The van der Waals surface area contributed by atoms with Crippen LogP contribution in [0.15, 0.2) is 0 Å². The highest BCUT2D eigenvalue weighted by atomic mass is 19.4. The van der Waals surface area contributed by atoms with Crippen LogP contribution in [0.3, 0.4) is 0 Å². The van der Waals surface area contributed by atoms with Gasteiger partial charge in [-0.25, -0.2) is 0 Å². The van der Waals surface area contributed by atoms with E-state index in [-0.39, 0.29) is 6.04 Å². The van der Waals surface area contributed by atoms with Gasteiger partial charge in [-0.2, -0.15) is 13.2 Å². The number of rotatable bonds is 1. The average Bonchev–Trinajstić information content (AvgIpc) is 2.51. The zero-order valence-corrected chi connectivity index (χ0v) is 7.93. The van der Waals surface area contributed by atoms with Crippen molar-refractivity contribution in [2.24, 2.45) is 17.6 Å². The molecular weight excluding hydrogens is 193 g/mol. The van der Waals surface area contributed by atoms with Crippen LogP contribution in [-0.4, -0.2) is 36.8 Å². The zero-order valence-electron chi connectivity index (χ0n) is 7.93. The van der Waals surface area contributed by atoms with E-state index < -0.39 is 12.7 Å². The summed E-state index contributed by atoms with van der Waals surface area (Å²) >= 11 is 0. The van der Waals surface area contributed by atoms with Gasteiger partial charge >= 0.3 is 6.18 Å². The molecule has 1 heterocycles. The smallest absolute Gasteiger partial charge is 0.327 e. The van der Waals surface area contributed by atoms with Crippen molar-refractivity contribution in [1.29, 1.82) is 0 Å². The van der Waals surface area contributed by atoms with Crippen molar-refractivity contribution in [3.05, 3.63) is 0 Å². The molecule has 1 aliphatic heterocycles. The Kier molecular flexibility index (Phi) is 2.47. The number of hydrogen-bond donors (Lipinski definition) is 1. The molecule has 3 atom stereocenters. The van der Waals surface area contributed by atoms with Crippen LogP contribution in [0.25, 0.3) is 0 Å². The Labute approximate surface area is 81.2 Å². The van der Waals surface area contributed by atoms with E-state index in [4.69, 9.17) is 5.73 Å². The minimum atomic E-state index is -4.07. The van der Waals surface area contributed by atoms with Crippen LogP contribution < -0.4 is 5.73 Å². The molecule has 1 aliphatic carbocycles. The molecule has 0 radical (unpaired) electrons. The third kappa shape index (κ3) is 2.03. The van der Waals surface area contributed by atoms with Gasteiger partial charge in [0.25, 0.3) is 0 Å². The predicted molar refractivity (Wildman–Crippen MR) is 46.7 cm³/mol. The molecule has 2 fully saturated rings. The third-order valence-electron chi connectivity index (χ3n) is 3.39. The molecule has 2 N–H and O–H groups in total. The number of likely N-dealkylation sites (tertiary alicyclic amines) is 1. The molecule has 0 aromatic carbocycles. The van der Waals surface area contributed by atoms with Gasteiger partial charge in [0.2, 0.25) is 0 Å². The quantitative estimate of drug-likeness (QED) is 0.702. The van der Waals surface area contributed by atoms with Crippen LogP contribution in [0.4, 0.5) is 13.2 Å². The number of halogens is 3. The fourth-order valence-corrected chi connectivity index (χ4v) is 2.78. The van der Waals surface area contributed by atoms with Crippen LogP contribution >= 0.6 is 0 Å². The normalized spacial score (nSPS) is 39.0. The summed E-state index contributed by atoms with van der Waals surface area (Å²) in [6.07, 6.45) is -2.09. The average molecular weight is 208 g/mol. The molecule has 2 nitrogen and oxygen atoms in total. The molecule has 14 heavy (non-hydrogen) atoms. The SMILES string of the molecule is NC1CC[C@H]2CN(CC(F)(F)F)C[C@@H]12. The van der Waals surface area contributed by atoms with E-state index in [9.17, 15) is 13.2 Å². The minimum Gasteiger partial charge on any atom is -0.327 e. The van der Waals surface area contributed by atoms with E-state index in [0.29, 0.717) is 24.9 Å². The van der Waals surface area contributed by atoms with Gasteiger partial charge in [-0.15, -0.1) is 0 Å². The minimum absolute atomic E-state index is 0.123.